The van der Waals surface area contributed by atoms with Crippen LogP contribution in [0.25, 0.3) is 0 Å². The van der Waals surface area contributed by atoms with Gasteiger partial charge < -0.3 is 5.32 Å². The molecule has 0 aliphatic carbocycles. The Hall–Kier alpha value is -0.0000000000000000555. The second kappa shape index (κ2) is 4.00. The quantitative estimate of drug-likeness (QED) is 0.564. The molecule has 1 rings (SSSR count). The van der Waals surface area contributed by atoms with Crippen molar-refractivity contribution in [3.05, 3.63) is 0 Å². The minimum atomic E-state index is 1.000. The van der Waals surface area contributed by atoms with Crippen LogP contribution in [-0.4, -0.2) is 22.1 Å². The largest absolute Gasteiger partial charge is 0.372 e. The Morgan fingerprint density at radius 3 is 3.30 bits per heavy atom. The molecule has 0 unspecified atom stereocenters. The molecule has 0 radical (unpaired) electrons. The monoisotopic (exact) mass is 253 g/mol. The summed E-state index contributed by atoms with van der Waals surface area (Å²) < 4.78 is 1.97. The average molecular weight is 253 g/mol. The van der Waals surface area contributed by atoms with Gasteiger partial charge in [-0.3, -0.25) is 0 Å². The van der Waals surface area contributed by atoms with Crippen LogP contribution < -0.4 is 5.32 Å². The Morgan fingerprint density at radius 1 is 1.80 bits per heavy atom. The molecular weight excluding hydrogens is 241 g/mol. The van der Waals surface area contributed by atoms with Gasteiger partial charge in [-0.05, 0) is 6.42 Å². The lowest BCUT2D eigenvalue weighted by Crippen LogP contribution is -2.22. The first-order valence-electron chi connectivity index (χ1n) is 3.57. The molecule has 4 heteroatoms. The molecule has 1 heterocycles. The molecule has 0 fully saturated rings. The summed E-state index contributed by atoms with van der Waals surface area (Å²) >= 11 is 2.23. The third kappa shape index (κ3) is 2.32. The van der Waals surface area contributed by atoms with Gasteiger partial charge in [-0.1, -0.05) is 6.92 Å². The van der Waals surface area contributed by atoms with Crippen molar-refractivity contribution >= 4 is 28.7 Å². The van der Waals surface area contributed by atoms with E-state index in [-0.39, 0.29) is 0 Å². The van der Waals surface area contributed by atoms with E-state index in [9.17, 15) is 0 Å². The van der Waals surface area contributed by atoms with Gasteiger partial charge in [-0.2, -0.15) is 5.10 Å². The molecule has 0 bridgehead atoms. The predicted molar refractivity (Wildman–Crippen MR) is 51.1 cm³/mol. The molecule has 0 aromatic carbocycles. The zero-order valence-electron chi connectivity index (χ0n) is 6.10. The summed E-state index contributed by atoms with van der Waals surface area (Å²) in [5.74, 6) is 1.10. The number of hydrazone groups is 1. The van der Waals surface area contributed by atoms with Crippen LogP contribution >= 0.6 is 22.9 Å². The highest BCUT2D eigenvalue weighted by Crippen LogP contribution is 2.04. The molecule has 1 aliphatic rings. The van der Waals surface area contributed by atoms with Gasteiger partial charge in [0.15, 0.2) is 0 Å². The molecule has 0 atom stereocenters. The lowest BCUT2D eigenvalue weighted by Gasteiger charge is -2.05. The molecule has 0 saturated heterocycles. The van der Waals surface area contributed by atoms with E-state index in [4.69, 9.17) is 0 Å². The van der Waals surface area contributed by atoms with E-state index < -0.39 is 0 Å². The van der Waals surface area contributed by atoms with Gasteiger partial charge in [0.05, 0.1) is 22.9 Å². The molecule has 0 saturated carbocycles. The Balaban J connectivity index is 2.50. The topological polar surface area (TPSA) is 27.6 Å². The summed E-state index contributed by atoms with van der Waals surface area (Å²) in [7, 11) is 0. The lowest BCUT2D eigenvalue weighted by molar-refractivity contribution is 0.541. The van der Waals surface area contributed by atoms with E-state index in [1.165, 1.54) is 6.42 Å². The van der Waals surface area contributed by atoms with E-state index in [2.05, 4.69) is 40.2 Å². The number of halogens is 1. The van der Waals surface area contributed by atoms with Crippen LogP contribution in [-0.2, 0) is 0 Å². The second-order valence-corrected chi connectivity index (χ2v) is 3.35. The van der Waals surface area contributed by atoms with Gasteiger partial charge in [-0.15, -0.1) is 0 Å². The Kier molecular flexibility index (Phi) is 3.24. The summed E-state index contributed by atoms with van der Waals surface area (Å²) in [5.41, 5.74) is 0. The van der Waals surface area contributed by atoms with E-state index in [1.54, 1.807) is 0 Å². The van der Waals surface area contributed by atoms with Crippen LogP contribution in [0.3, 0.4) is 0 Å². The Labute approximate surface area is 75.4 Å². The first kappa shape index (κ1) is 8.10. The van der Waals surface area contributed by atoms with Crippen molar-refractivity contribution in [3.63, 3.8) is 0 Å². The van der Waals surface area contributed by atoms with E-state index >= 15 is 0 Å². The number of nitrogens with zero attached hydrogens (tertiary/aromatic N) is 2. The third-order valence-corrected chi connectivity index (χ3v) is 2.11. The highest BCUT2D eigenvalue weighted by atomic mass is 127. The number of hydrogen-bond donors (Lipinski definition) is 1. The average Bonchev–Trinajstić information content (AvgIpc) is 2.13. The van der Waals surface area contributed by atoms with Gasteiger partial charge in [0.1, 0.15) is 5.84 Å². The van der Waals surface area contributed by atoms with Gasteiger partial charge in [0.2, 0.25) is 0 Å². The zero-order chi connectivity index (χ0) is 7.40. The normalized spacial score (nSPS) is 19.4. The first-order chi connectivity index (χ1) is 4.83. The molecule has 0 aromatic heterocycles. The van der Waals surface area contributed by atoms with Crippen molar-refractivity contribution in [1.29, 1.82) is 0 Å². The summed E-state index contributed by atoms with van der Waals surface area (Å²) in [6.07, 6.45) is 2.18. The van der Waals surface area contributed by atoms with Crippen molar-refractivity contribution in [2.24, 2.45) is 5.10 Å². The molecule has 0 aromatic rings. The molecule has 10 heavy (non-hydrogen) atoms. The summed E-state index contributed by atoms with van der Waals surface area (Å²) in [5, 5.41) is 7.59. The van der Waals surface area contributed by atoms with E-state index in [1.807, 2.05) is 3.22 Å². The molecular formula is C6H12IN3. The van der Waals surface area contributed by atoms with E-state index in [0.29, 0.717) is 0 Å². The maximum Gasteiger partial charge on any atom is 0.123 e. The van der Waals surface area contributed by atoms with Crippen LogP contribution in [0.1, 0.15) is 19.8 Å². The van der Waals surface area contributed by atoms with Gasteiger partial charge in [0, 0.05) is 19.5 Å². The SMILES string of the molecule is CCC1=NN(I)CCCN1. The molecule has 0 spiro atoms. The summed E-state index contributed by atoms with van der Waals surface area (Å²) in [4.78, 5) is 0. The first-order valence-corrected chi connectivity index (χ1v) is 4.54. The minimum absolute atomic E-state index is 1.000. The maximum absolute atomic E-state index is 4.32. The third-order valence-electron chi connectivity index (χ3n) is 1.41. The van der Waals surface area contributed by atoms with Crippen molar-refractivity contribution < 1.29 is 0 Å². The highest BCUT2D eigenvalue weighted by Gasteiger charge is 2.04. The second-order valence-electron chi connectivity index (χ2n) is 2.24. The fourth-order valence-corrected chi connectivity index (χ4v) is 1.46. The predicted octanol–water partition coefficient (Wildman–Crippen LogP) is 1.36. The fraction of sp³-hybridized carbons (Fsp3) is 0.833. The Morgan fingerprint density at radius 2 is 2.60 bits per heavy atom. The number of nitrogens with one attached hydrogen (secondary N) is 1. The van der Waals surface area contributed by atoms with Crippen LogP contribution in [0.15, 0.2) is 5.10 Å². The molecule has 1 aliphatic heterocycles. The van der Waals surface area contributed by atoms with Gasteiger partial charge >= 0.3 is 0 Å². The number of amidine groups is 1. The lowest BCUT2D eigenvalue weighted by atomic mass is 10.4. The molecule has 0 amide bonds. The van der Waals surface area contributed by atoms with Crippen LogP contribution in [0.5, 0.6) is 0 Å². The van der Waals surface area contributed by atoms with Crippen molar-refractivity contribution in [3.8, 4) is 0 Å². The molecule has 1 N–H and O–H groups in total. The van der Waals surface area contributed by atoms with Crippen molar-refractivity contribution in [2.75, 3.05) is 13.1 Å². The highest BCUT2D eigenvalue weighted by molar-refractivity contribution is 14.1. The number of rotatable bonds is 1. The van der Waals surface area contributed by atoms with Crippen molar-refractivity contribution in [2.45, 2.75) is 19.8 Å². The van der Waals surface area contributed by atoms with Gasteiger partial charge in [-0.25, -0.2) is 3.22 Å². The number of hydrogen-bond acceptors (Lipinski definition) is 3. The van der Waals surface area contributed by atoms with Crippen LogP contribution in [0.4, 0.5) is 0 Å². The summed E-state index contributed by atoms with van der Waals surface area (Å²) in [6.45, 7) is 4.23. The minimum Gasteiger partial charge on any atom is -0.372 e. The van der Waals surface area contributed by atoms with Crippen LogP contribution in [0, 0.1) is 0 Å². The Bertz CT molecular complexity index is 135. The fourth-order valence-electron chi connectivity index (χ4n) is 0.854. The smallest absolute Gasteiger partial charge is 0.123 e. The summed E-state index contributed by atoms with van der Waals surface area (Å²) in [6, 6.07) is 0. The standard InChI is InChI=1S/C6H12IN3/c1-2-6-8-4-3-5-10(7)9-6/h2-5H2,1H3,(H,8,9). The van der Waals surface area contributed by atoms with Gasteiger partial charge in [0.25, 0.3) is 0 Å². The van der Waals surface area contributed by atoms with E-state index in [0.717, 1.165) is 25.3 Å². The molecule has 58 valence electrons. The molecule has 3 nitrogen and oxygen atoms in total. The maximum atomic E-state index is 4.32. The van der Waals surface area contributed by atoms with Crippen LogP contribution in [0.2, 0.25) is 0 Å². The van der Waals surface area contributed by atoms with Crippen molar-refractivity contribution in [1.82, 2.24) is 8.54 Å². The zero-order valence-corrected chi connectivity index (χ0v) is 8.26.